The summed E-state index contributed by atoms with van der Waals surface area (Å²) >= 11 is 0. The number of hydrogen-bond donors (Lipinski definition) is 2. The first kappa shape index (κ1) is 12.9. The lowest BCUT2D eigenvalue weighted by atomic mass is 10.2. The summed E-state index contributed by atoms with van der Waals surface area (Å²) in [6, 6.07) is -0.910. The van der Waals surface area contributed by atoms with Crippen LogP contribution in [0.2, 0.25) is 0 Å². The van der Waals surface area contributed by atoms with Crippen LogP contribution in [0.15, 0.2) is 0 Å². The van der Waals surface area contributed by atoms with Crippen LogP contribution in [0, 0.1) is 0 Å². The molecule has 1 fully saturated rings. The van der Waals surface area contributed by atoms with E-state index in [0.29, 0.717) is 26.1 Å². The number of hydrogen-bond acceptors (Lipinski definition) is 4. The number of carbonyl (C=O) groups excluding carboxylic acids is 2. The third-order valence-corrected chi connectivity index (χ3v) is 2.73. The van der Waals surface area contributed by atoms with Crippen LogP contribution in [0.4, 0.5) is 0 Å². The minimum atomic E-state index is -0.460. The van der Waals surface area contributed by atoms with Crippen LogP contribution < -0.4 is 11.1 Å². The molecule has 1 heterocycles. The average molecular weight is 229 g/mol. The van der Waals surface area contributed by atoms with Gasteiger partial charge in [0.05, 0.1) is 12.6 Å². The molecule has 0 aromatic rings. The molecule has 2 amide bonds. The van der Waals surface area contributed by atoms with Gasteiger partial charge in [-0.2, -0.15) is 0 Å². The number of methoxy groups -OCH3 is 1. The molecule has 1 aliphatic rings. The van der Waals surface area contributed by atoms with Gasteiger partial charge in [0.15, 0.2) is 0 Å². The van der Waals surface area contributed by atoms with Crippen molar-refractivity contribution in [1.29, 1.82) is 0 Å². The fraction of sp³-hybridized carbons (Fsp3) is 0.800. The zero-order valence-electron chi connectivity index (χ0n) is 9.73. The van der Waals surface area contributed by atoms with E-state index in [-0.39, 0.29) is 11.8 Å². The van der Waals surface area contributed by atoms with Crippen LogP contribution in [-0.2, 0) is 14.3 Å². The van der Waals surface area contributed by atoms with E-state index in [9.17, 15) is 9.59 Å². The van der Waals surface area contributed by atoms with Gasteiger partial charge in [-0.25, -0.2) is 0 Å². The second kappa shape index (κ2) is 5.81. The predicted molar refractivity (Wildman–Crippen MR) is 58.7 cm³/mol. The Kier molecular flexibility index (Phi) is 4.70. The second-order valence-electron chi connectivity index (χ2n) is 3.89. The molecule has 0 aromatic carbocycles. The molecule has 1 saturated heterocycles. The highest BCUT2D eigenvalue weighted by Gasteiger charge is 2.34. The van der Waals surface area contributed by atoms with Gasteiger partial charge in [0.1, 0.15) is 6.04 Å². The van der Waals surface area contributed by atoms with E-state index in [4.69, 9.17) is 10.5 Å². The highest BCUT2D eigenvalue weighted by atomic mass is 16.5. The minimum Gasteiger partial charge on any atom is -0.383 e. The van der Waals surface area contributed by atoms with Gasteiger partial charge in [0, 0.05) is 20.2 Å². The van der Waals surface area contributed by atoms with Crippen LogP contribution in [0.5, 0.6) is 0 Å². The molecule has 0 spiro atoms. The molecule has 3 N–H and O–H groups in total. The molecule has 0 bridgehead atoms. The number of ether oxygens (including phenoxy) is 1. The van der Waals surface area contributed by atoms with Gasteiger partial charge in [-0.05, 0) is 13.3 Å². The number of amides is 2. The van der Waals surface area contributed by atoms with E-state index in [1.807, 2.05) is 0 Å². The third-order valence-electron chi connectivity index (χ3n) is 2.73. The lowest BCUT2D eigenvalue weighted by Gasteiger charge is -2.23. The zero-order chi connectivity index (χ0) is 12.1. The van der Waals surface area contributed by atoms with Crippen molar-refractivity contribution in [2.75, 3.05) is 26.8 Å². The van der Waals surface area contributed by atoms with Gasteiger partial charge in [-0.15, -0.1) is 0 Å². The van der Waals surface area contributed by atoms with Crippen molar-refractivity contribution < 1.29 is 14.3 Å². The number of nitrogens with two attached hydrogens (primary N) is 1. The average Bonchev–Trinajstić information content (AvgIpc) is 2.59. The molecular formula is C10H19N3O3. The molecule has 16 heavy (non-hydrogen) atoms. The van der Waals surface area contributed by atoms with E-state index in [1.165, 1.54) is 4.90 Å². The number of likely N-dealkylation sites (tertiary alicyclic amines) is 1. The van der Waals surface area contributed by atoms with Gasteiger partial charge in [0.25, 0.3) is 0 Å². The Labute approximate surface area is 95.1 Å². The Morgan fingerprint density at radius 3 is 2.94 bits per heavy atom. The predicted octanol–water partition coefficient (Wildman–Crippen LogP) is -1.30. The summed E-state index contributed by atoms with van der Waals surface area (Å²) in [7, 11) is 1.57. The molecule has 6 nitrogen and oxygen atoms in total. The molecule has 0 aliphatic carbocycles. The van der Waals surface area contributed by atoms with Crippen LogP contribution in [0.3, 0.4) is 0 Å². The van der Waals surface area contributed by atoms with E-state index in [2.05, 4.69) is 5.32 Å². The van der Waals surface area contributed by atoms with Crippen molar-refractivity contribution in [2.24, 2.45) is 5.73 Å². The first-order valence-corrected chi connectivity index (χ1v) is 5.40. The van der Waals surface area contributed by atoms with Crippen molar-refractivity contribution >= 4 is 11.8 Å². The van der Waals surface area contributed by atoms with Gasteiger partial charge in [-0.1, -0.05) is 0 Å². The topological polar surface area (TPSA) is 84.7 Å². The maximum Gasteiger partial charge on any atom is 0.242 e. The molecule has 1 aliphatic heterocycles. The third kappa shape index (κ3) is 2.93. The lowest BCUT2D eigenvalue weighted by molar-refractivity contribution is -0.137. The van der Waals surface area contributed by atoms with Crippen molar-refractivity contribution in [2.45, 2.75) is 25.4 Å². The fourth-order valence-corrected chi connectivity index (χ4v) is 1.67. The first-order chi connectivity index (χ1) is 7.57. The van der Waals surface area contributed by atoms with Crippen molar-refractivity contribution in [3.63, 3.8) is 0 Å². The molecule has 1 rings (SSSR count). The standard InChI is InChI=1S/C10H19N3O3/c1-7(9(14)12-4-6-16-2)13-5-3-8(11)10(13)15/h7-8H,3-6,11H2,1-2H3,(H,12,14). The SMILES string of the molecule is COCCNC(=O)C(C)N1CCC(N)C1=O. The Hall–Kier alpha value is -1.14. The largest absolute Gasteiger partial charge is 0.383 e. The van der Waals surface area contributed by atoms with Gasteiger partial charge in [-0.3, -0.25) is 9.59 Å². The Morgan fingerprint density at radius 1 is 1.75 bits per heavy atom. The number of nitrogens with zero attached hydrogens (tertiary/aromatic N) is 1. The smallest absolute Gasteiger partial charge is 0.242 e. The van der Waals surface area contributed by atoms with Crippen LogP contribution in [0.1, 0.15) is 13.3 Å². The molecule has 0 radical (unpaired) electrons. The first-order valence-electron chi connectivity index (χ1n) is 5.40. The number of rotatable bonds is 5. The van der Waals surface area contributed by atoms with Gasteiger partial charge >= 0.3 is 0 Å². The van der Waals surface area contributed by atoms with E-state index in [0.717, 1.165) is 0 Å². The Morgan fingerprint density at radius 2 is 2.44 bits per heavy atom. The quantitative estimate of drug-likeness (QED) is 0.574. The lowest BCUT2D eigenvalue weighted by Crippen LogP contribution is -2.48. The monoisotopic (exact) mass is 229 g/mol. The highest BCUT2D eigenvalue weighted by molar-refractivity contribution is 5.90. The Balaban J connectivity index is 2.41. The molecule has 92 valence electrons. The summed E-state index contributed by atoms with van der Waals surface area (Å²) in [6.07, 6.45) is 0.620. The fourth-order valence-electron chi connectivity index (χ4n) is 1.67. The van der Waals surface area contributed by atoms with E-state index < -0.39 is 12.1 Å². The summed E-state index contributed by atoms with van der Waals surface area (Å²) in [5.74, 6) is -0.311. The van der Waals surface area contributed by atoms with E-state index >= 15 is 0 Å². The maximum atomic E-state index is 11.7. The van der Waals surface area contributed by atoms with Crippen LogP contribution in [0.25, 0.3) is 0 Å². The normalized spacial score (nSPS) is 22.3. The molecular weight excluding hydrogens is 210 g/mol. The van der Waals surface area contributed by atoms with Crippen LogP contribution >= 0.6 is 0 Å². The summed E-state index contributed by atoms with van der Waals surface area (Å²) in [6.45, 7) is 3.18. The summed E-state index contributed by atoms with van der Waals surface area (Å²) < 4.78 is 4.82. The van der Waals surface area contributed by atoms with Gasteiger partial charge < -0.3 is 20.7 Å². The zero-order valence-corrected chi connectivity index (χ0v) is 9.73. The summed E-state index contributed by atoms with van der Waals surface area (Å²) in [4.78, 5) is 24.8. The summed E-state index contributed by atoms with van der Waals surface area (Å²) in [5, 5.41) is 2.70. The second-order valence-corrected chi connectivity index (χ2v) is 3.89. The van der Waals surface area contributed by atoms with Crippen molar-refractivity contribution in [3.8, 4) is 0 Å². The molecule has 0 aromatic heterocycles. The van der Waals surface area contributed by atoms with Crippen LogP contribution in [-0.4, -0.2) is 55.6 Å². The Bertz CT molecular complexity index is 270. The van der Waals surface area contributed by atoms with Gasteiger partial charge in [0.2, 0.25) is 11.8 Å². The van der Waals surface area contributed by atoms with E-state index in [1.54, 1.807) is 14.0 Å². The molecule has 2 atom stereocenters. The van der Waals surface area contributed by atoms with Crippen molar-refractivity contribution in [3.05, 3.63) is 0 Å². The molecule has 0 saturated carbocycles. The maximum absolute atomic E-state index is 11.7. The molecule has 2 unspecified atom stereocenters. The summed E-state index contributed by atoms with van der Waals surface area (Å²) in [5.41, 5.74) is 5.59. The van der Waals surface area contributed by atoms with Crippen molar-refractivity contribution in [1.82, 2.24) is 10.2 Å². The highest BCUT2D eigenvalue weighted by Crippen LogP contribution is 2.12. The number of carbonyl (C=O) groups is 2. The minimum absolute atomic E-state index is 0.144. The number of nitrogens with one attached hydrogen (secondary N) is 1. The molecule has 6 heteroatoms.